The fourth-order valence-electron chi connectivity index (χ4n) is 2.05. The van der Waals surface area contributed by atoms with Crippen LogP contribution in [0.15, 0.2) is 24.3 Å². The molecule has 0 amide bonds. The summed E-state index contributed by atoms with van der Waals surface area (Å²) in [6, 6.07) is 9.57. The van der Waals surface area contributed by atoms with Gasteiger partial charge in [0.25, 0.3) is 0 Å². The third kappa shape index (κ3) is 2.29. The smallest absolute Gasteiger partial charge is 0.159 e. The number of nitrogens with zero attached hydrogens (tertiary/aromatic N) is 2. The third-order valence-corrected chi connectivity index (χ3v) is 3.16. The van der Waals surface area contributed by atoms with Gasteiger partial charge in [-0.2, -0.15) is 5.26 Å². The Bertz CT molecular complexity index is 474. The summed E-state index contributed by atoms with van der Waals surface area (Å²) in [6.07, 6.45) is 0.679. The van der Waals surface area contributed by atoms with Crippen LogP contribution >= 0.6 is 0 Å². The summed E-state index contributed by atoms with van der Waals surface area (Å²) in [4.78, 5) is 13.2. The van der Waals surface area contributed by atoms with Gasteiger partial charge in [-0.05, 0) is 37.6 Å². The second-order valence-corrected chi connectivity index (χ2v) is 4.54. The van der Waals surface area contributed by atoms with Gasteiger partial charge in [0, 0.05) is 24.3 Å². The number of carbonyl (C=O) groups is 1. The van der Waals surface area contributed by atoms with Gasteiger partial charge >= 0.3 is 0 Å². The Morgan fingerprint density at radius 1 is 1.47 bits per heavy atom. The van der Waals surface area contributed by atoms with Gasteiger partial charge in [-0.15, -0.1) is 0 Å². The molecule has 1 atom stereocenters. The Hall–Kier alpha value is -1.86. The van der Waals surface area contributed by atoms with Gasteiger partial charge in [0.1, 0.15) is 5.54 Å². The molecule has 1 saturated heterocycles. The summed E-state index contributed by atoms with van der Waals surface area (Å²) in [6.45, 7) is 2.87. The van der Waals surface area contributed by atoms with Crippen molar-refractivity contribution >= 4 is 11.5 Å². The molecule has 0 aromatic heterocycles. The maximum atomic E-state index is 11.2. The van der Waals surface area contributed by atoms with E-state index in [4.69, 9.17) is 11.0 Å². The standard InChI is InChI=1S/C13H15N3O/c1-10(17)11-2-4-12(5-3-11)16-7-6-13(15,8-14)9-16/h2-5H,6-7,9,15H2,1H3. The van der Waals surface area contributed by atoms with Crippen LogP contribution in [0, 0.1) is 11.3 Å². The van der Waals surface area contributed by atoms with Crippen molar-refractivity contribution in [2.45, 2.75) is 18.9 Å². The summed E-state index contributed by atoms with van der Waals surface area (Å²) in [7, 11) is 0. The zero-order valence-electron chi connectivity index (χ0n) is 9.81. The number of hydrogen-bond donors (Lipinski definition) is 1. The van der Waals surface area contributed by atoms with E-state index >= 15 is 0 Å². The summed E-state index contributed by atoms with van der Waals surface area (Å²) < 4.78 is 0. The molecule has 1 aromatic carbocycles. The molecule has 1 unspecified atom stereocenters. The normalized spacial score (nSPS) is 23.5. The average Bonchev–Trinajstić information content (AvgIpc) is 2.73. The lowest BCUT2D eigenvalue weighted by molar-refractivity contribution is 0.101. The van der Waals surface area contributed by atoms with Crippen LogP contribution in [0.5, 0.6) is 0 Å². The highest BCUT2D eigenvalue weighted by Gasteiger charge is 2.34. The fraction of sp³-hybridized carbons (Fsp3) is 0.385. The fourth-order valence-corrected chi connectivity index (χ4v) is 2.05. The number of rotatable bonds is 2. The van der Waals surface area contributed by atoms with Gasteiger partial charge < -0.3 is 10.6 Å². The van der Waals surface area contributed by atoms with Gasteiger partial charge in [-0.1, -0.05) is 0 Å². The van der Waals surface area contributed by atoms with Crippen molar-refractivity contribution in [2.75, 3.05) is 18.0 Å². The number of nitriles is 1. The molecule has 2 rings (SSSR count). The number of benzene rings is 1. The van der Waals surface area contributed by atoms with E-state index in [1.54, 1.807) is 19.1 Å². The van der Waals surface area contributed by atoms with Crippen LogP contribution in [0.3, 0.4) is 0 Å². The summed E-state index contributed by atoms with van der Waals surface area (Å²) >= 11 is 0. The van der Waals surface area contributed by atoms with Gasteiger partial charge in [-0.25, -0.2) is 0 Å². The predicted molar refractivity (Wildman–Crippen MR) is 65.8 cm³/mol. The summed E-state index contributed by atoms with van der Waals surface area (Å²) in [5, 5.41) is 8.96. The van der Waals surface area contributed by atoms with Crippen LogP contribution in [0.2, 0.25) is 0 Å². The minimum absolute atomic E-state index is 0.0585. The van der Waals surface area contributed by atoms with Crippen molar-refractivity contribution < 1.29 is 4.79 Å². The van der Waals surface area contributed by atoms with E-state index in [1.165, 1.54) is 0 Å². The van der Waals surface area contributed by atoms with Crippen LogP contribution in [0.25, 0.3) is 0 Å². The molecule has 0 aliphatic carbocycles. The largest absolute Gasteiger partial charge is 0.368 e. The van der Waals surface area contributed by atoms with Crippen LogP contribution in [-0.2, 0) is 0 Å². The van der Waals surface area contributed by atoms with Gasteiger partial charge in [0.05, 0.1) is 6.07 Å². The number of ketones is 1. The number of anilines is 1. The maximum Gasteiger partial charge on any atom is 0.159 e. The van der Waals surface area contributed by atoms with E-state index < -0.39 is 5.54 Å². The highest BCUT2D eigenvalue weighted by atomic mass is 16.1. The first-order valence-electron chi connectivity index (χ1n) is 5.60. The average molecular weight is 229 g/mol. The zero-order chi connectivity index (χ0) is 12.5. The summed E-state index contributed by atoms with van der Waals surface area (Å²) in [5.41, 5.74) is 6.88. The Morgan fingerprint density at radius 3 is 2.59 bits per heavy atom. The molecule has 1 aliphatic heterocycles. The molecule has 4 heteroatoms. The molecule has 1 aliphatic rings. The van der Waals surface area contributed by atoms with Crippen LogP contribution in [0.1, 0.15) is 23.7 Å². The minimum Gasteiger partial charge on any atom is -0.368 e. The highest BCUT2D eigenvalue weighted by Crippen LogP contribution is 2.25. The lowest BCUT2D eigenvalue weighted by atomic mass is 10.0. The molecular formula is C13H15N3O. The minimum atomic E-state index is -0.737. The molecular weight excluding hydrogens is 214 g/mol. The van der Waals surface area contributed by atoms with E-state index in [0.717, 1.165) is 12.2 Å². The van der Waals surface area contributed by atoms with E-state index in [2.05, 4.69) is 11.0 Å². The second-order valence-electron chi connectivity index (χ2n) is 4.54. The van der Waals surface area contributed by atoms with Gasteiger partial charge in [0.2, 0.25) is 0 Å². The van der Waals surface area contributed by atoms with E-state index in [0.29, 0.717) is 18.5 Å². The molecule has 1 aromatic rings. The molecule has 0 bridgehead atoms. The van der Waals surface area contributed by atoms with E-state index in [9.17, 15) is 4.79 Å². The van der Waals surface area contributed by atoms with Crippen LogP contribution < -0.4 is 10.6 Å². The van der Waals surface area contributed by atoms with Crippen molar-refractivity contribution in [3.05, 3.63) is 29.8 Å². The van der Waals surface area contributed by atoms with Crippen molar-refractivity contribution in [1.29, 1.82) is 5.26 Å². The number of Topliss-reactive ketones (excluding diaryl/α,β-unsaturated/α-hetero) is 1. The Balaban J connectivity index is 2.15. The van der Waals surface area contributed by atoms with Gasteiger partial charge in [-0.3, -0.25) is 4.79 Å². The van der Waals surface area contributed by atoms with Crippen molar-refractivity contribution in [3.8, 4) is 6.07 Å². The quantitative estimate of drug-likeness (QED) is 0.776. The van der Waals surface area contributed by atoms with Crippen molar-refractivity contribution in [1.82, 2.24) is 0 Å². The number of carbonyl (C=O) groups excluding carboxylic acids is 1. The lowest BCUT2D eigenvalue weighted by Gasteiger charge is -2.20. The monoisotopic (exact) mass is 229 g/mol. The van der Waals surface area contributed by atoms with Crippen LogP contribution in [0.4, 0.5) is 5.69 Å². The topological polar surface area (TPSA) is 70.1 Å². The van der Waals surface area contributed by atoms with Crippen molar-refractivity contribution in [3.63, 3.8) is 0 Å². The Morgan fingerprint density at radius 2 is 2.12 bits per heavy atom. The molecule has 0 radical (unpaired) electrons. The number of nitrogens with two attached hydrogens (primary N) is 1. The molecule has 2 N–H and O–H groups in total. The van der Waals surface area contributed by atoms with Crippen LogP contribution in [-0.4, -0.2) is 24.4 Å². The SMILES string of the molecule is CC(=O)c1ccc(N2CCC(N)(C#N)C2)cc1. The van der Waals surface area contributed by atoms with E-state index in [1.807, 2.05) is 12.1 Å². The molecule has 17 heavy (non-hydrogen) atoms. The Labute approximate surface area is 101 Å². The third-order valence-electron chi connectivity index (χ3n) is 3.16. The first kappa shape index (κ1) is 11.6. The Kier molecular flexibility index (Phi) is 2.86. The molecule has 0 saturated carbocycles. The maximum absolute atomic E-state index is 11.2. The first-order chi connectivity index (χ1) is 8.04. The summed E-state index contributed by atoms with van der Waals surface area (Å²) in [5.74, 6) is 0.0585. The predicted octanol–water partition coefficient (Wildman–Crippen LogP) is 1.32. The lowest BCUT2D eigenvalue weighted by Crippen LogP contribution is -2.41. The molecule has 88 valence electrons. The second kappa shape index (κ2) is 4.19. The van der Waals surface area contributed by atoms with Crippen molar-refractivity contribution in [2.24, 2.45) is 5.73 Å². The molecule has 0 spiro atoms. The molecule has 1 fully saturated rings. The molecule has 1 heterocycles. The van der Waals surface area contributed by atoms with Gasteiger partial charge in [0.15, 0.2) is 5.78 Å². The highest BCUT2D eigenvalue weighted by molar-refractivity contribution is 5.94. The van der Waals surface area contributed by atoms with E-state index in [-0.39, 0.29) is 5.78 Å². The number of hydrogen-bond acceptors (Lipinski definition) is 4. The zero-order valence-corrected chi connectivity index (χ0v) is 9.81. The first-order valence-corrected chi connectivity index (χ1v) is 5.60. The molecule has 4 nitrogen and oxygen atoms in total.